The van der Waals surface area contributed by atoms with Gasteiger partial charge < -0.3 is 19.1 Å². The van der Waals surface area contributed by atoms with Gasteiger partial charge >= 0.3 is 0 Å². The maximum atomic E-state index is 12.6. The number of carbonyl (C=O) groups excluding carboxylic acids is 1. The van der Waals surface area contributed by atoms with E-state index < -0.39 is 0 Å². The summed E-state index contributed by atoms with van der Waals surface area (Å²) < 4.78 is 11.0. The quantitative estimate of drug-likeness (QED) is 0.818. The van der Waals surface area contributed by atoms with Crippen LogP contribution in [0.25, 0.3) is 0 Å². The molecule has 140 valence electrons. The van der Waals surface area contributed by atoms with Gasteiger partial charge in [0.05, 0.1) is 0 Å². The third-order valence-corrected chi connectivity index (χ3v) is 5.41. The Hall–Kier alpha value is -2.05. The van der Waals surface area contributed by atoms with Crippen LogP contribution in [0.1, 0.15) is 34.3 Å². The molecule has 1 unspecified atom stereocenters. The van der Waals surface area contributed by atoms with Crippen LogP contribution >= 0.6 is 11.6 Å². The smallest absolute Gasteiger partial charge is 0.276 e. The summed E-state index contributed by atoms with van der Waals surface area (Å²) in [6.07, 6.45) is 0. The van der Waals surface area contributed by atoms with Gasteiger partial charge in [-0.05, 0) is 51.1 Å². The van der Waals surface area contributed by atoms with E-state index in [-0.39, 0.29) is 12.5 Å². The predicted octanol–water partition coefficient (Wildman–Crippen LogP) is 3.30. The Kier molecular flexibility index (Phi) is 5.53. The number of amides is 1. The van der Waals surface area contributed by atoms with E-state index >= 15 is 0 Å². The highest BCUT2D eigenvalue weighted by molar-refractivity contribution is 6.32. The minimum Gasteiger partial charge on any atom is -0.486 e. The molecule has 26 heavy (non-hydrogen) atoms. The van der Waals surface area contributed by atoms with Crippen molar-refractivity contribution >= 4 is 17.5 Å². The maximum absolute atomic E-state index is 12.6. The zero-order chi connectivity index (χ0) is 18.8. The van der Waals surface area contributed by atoms with Gasteiger partial charge in [-0.25, -0.2) is 0 Å². The monoisotopic (exact) mass is 377 g/mol. The number of hydrogen-bond acceptors (Lipinski definition) is 5. The van der Waals surface area contributed by atoms with Gasteiger partial charge in [0.15, 0.2) is 11.5 Å². The van der Waals surface area contributed by atoms with Crippen LogP contribution in [0.5, 0.6) is 5.75 Å². The number of piperazine rings is 1. The van der Waals surface area contributed by atoms with E-state index in [0.717, 1.165) is 22.7 Å². The number of ether oxygens (including phenoxy) is 1. The average molecular weight is 378 g/mol. The first kappa shape index (κ1) is 18.7. The number of nitrogens with zero attached hydrogens (tertiary/aromatic N) is 3. The number of likely N-dealkylation sites (N-methyl/N-ethyl adjacent to an activating group) is 1. The van der Waals surface area contributed by atoms with Crippen molar-refractivity contribution in [3.05, 3.63) is 45.8 Å². The fourth-order valence-electron chi connectivity index (χ4n) is 3.02. The summed E-state index contributed by atoms with van der Waals surface area (Å²) in [6, 6.07) is 5.74. The number of halogens is 1. The SMILES string of the molecule is Cc1cc(OCc2cc(C(=O)N3CCN(C)C(C)C3)no2)cc(C)c1Cl. The van der Waals surface area contributed by atoms with Crippen LogP contribution in [-0.4, -0.2) is 53.6 Å². The third-order valence-electron chi connectivity index (χ3n) is 4.82. The van der Waals surface area contributed by atoms with Crippen molar-refractivity contribution in [2.75, 3.05) is 26.7 Å². The lowest BCUT2D eigenvalue weighted by atomic mass is 10.1. The summed E-state index contributed by atoms with van der Waals surface area (Å²) >= 11 is 6.17. The number of carbonyl (C=O) groups is 1. The molecule has 0 radical (unpaired) electrons. The molecule has 3 rings (SSSR count). The molecule has 1 atom stereocenters. The van der Waals surface area contributed by atoms with Crippen molar-refractivity contribution in [3.63, 3.8) is 0 Å². The summed E-state index contributed by atoms with van der Waals surface area (Å²) in [7, 11) is 2.07. The molecule has 1 fully saturated rings. The largest absolute Gasteiger partial charge is 0.486 e. The standard InChI is InChI=1S/C19H24ClN3O3/c1-12-7-15(8-13(2)18(12)20)25-11-16-9-17(21-26-16)19(24)23-6-5-22(4)14(3)10-23/h7-9,14H,5-6,10-11H2,1-4H3. The molecule has 1 aliphatic rings. The normalized spacial score (nSPS) is 18.2. The Balaban J connectivity index is 1.62. The fraction of sp³-hybridized carbons (Fsp3) is 0.474. The van der Waals surface area contributed by atoms with Crippen LogP contribution in [0, 0.1) is 13.8 Å². The first-order valence-electron chi connectivity index (χ1n) is 8.70. The van der Waals surface area contributed by atoms with Crippen molar-refractivity contribution in [3.8, 4) is 5.75 Å². The summed E-state index contributed by atoms with van der Waals surface area (Å²) in [4.78, 5) is 16.7. The molecule has 7 heteroatoms. The van der Waals surface area contributed by atoms with Gasteiger partial charge in [-0.3, -0.25) is 4.79 Å². The third kappa shape index (κ3) is 4.02. The highest BCUT2D eigenvalue weighted by atomic mass is 35.5. The first-order chi connectivity index (χ1) is 12.3. The van der Waals surface area contributed by atoms with E-state index in [0.29, 0.717) is 36.3 Å². The summed E-state index contributed by atoms with van der Waals surface area (Å²) in [6.45, 7) is 8.43. The zero-order valence-electron chi connectivity index (χ0n) is 15.6. The minimum absolute atomic E-state index is 0.0990. The molecule has 6 nitrogen and oxygen atoms in total. The molecule has 1 aromatic carbocycles. The average Bonchev–Trinajstić information content (AvgIpc) is 3.08. The van der Waals surface area contributed by atoms with E-state index in [4.69, 9.17) is 20.9 Å². The number of rotatable bonds is 4. The maximum Gasteiger partial charge on any atom is 0.276 e. The van der Waals surface area contributed by atoms with Crippen LogP contribution in [0.4, 0.5) is 0 Å². The van der Waals surface area contributed by atoms with Crippen LogP contribution in [-0.2, 0) is 6.61 Å². The van der Waals surface area contributed by atoms with Crippen molar-refractivity contribution in [1.29, 1.82) is 0 Å². The van der Waals surface area contributed by atoms with Crippen LogP contribution < -0.4 is 4.74 Å². The lowest BCUT2D eigenvalue weighted by Gasteiger charge is -2.37. The van der Waals surface area contributed by atoms with Crippen molar-refractivity contribution in [2.24, 2.45) is 0 Å². The molecular weight excluding hydrogens is 354 g/mol. The Labute approximate surface area is 158 Å². The summed E-state index contributed by atoms with van der Waals surface area (Å²) in [5, 5.41) is 4.66. The van der Waals surface area contributed by atoms with Gasteiger partial charge in [0.2, 0.25) is 0 Å². The highest BCUT2D eigenvalue weighted by Crippen LogP contribution is 2.26. The summed E-state index contributed by atoms with van der Waals surface area (Å²) in [5.74, 6) is 1.13. The van der Waals surface area contributed by atoms with E-state index in [1.54, 1.807) is 6.07 Å². The summed E-state index contributed by atoms with van der Waals surface area (Å²) in [5.41, 5.74) is 2.24. The Morgan fingerprint density at radius 3 is 2.65 bits per heavy atom. The lowest BCUT2D eigenvalue weighted by Crippen LogP contribution is -2.52. The van der Waals surface area contributed by atoms with Crippen LogP contribution in [0.3, 0.4) is 0 Å². The first-order valence-corrected chi connectivity index (χ1v) is 9.07. The topological polar surface area (TPSA) is 58.8 Å². The number of aryl methyl sites for hydroxylation is 2. The molecule has 1 aromatic heterocycles. The van der Waals surface area contributed by atoms with Crippen molar-refractivity contribution in [2.45, 2.75) is 33.4 Å². The number of aromatic nitrogens is 1. The van der Waals surface area contributed by atoms with Gasteiger partial charge in [0, 0.05) is 36.8 Å². The molecule has 1 aliphatic heterocycles. The molecule has 0 aliphatic carbocycles. The predicted molar refractivity (Wildman–Crippen MR) is 99.8 cm³/mol. The Morgan fingerprint density at radius 1 is 1.31 bits per heavy atom. The van der Waals surface area contributed by atoms with Gasteiger partial charge in [-0.15, -0.1) is 0 Å². The number of benzene rings is 1. The van der Waals surface area contributed by atoms with Crippen LogP contribution in [0.2, 0.25) is 5.02 Å². The van der Waals surface area contributed by atoms with E-state index in [9.17, 15) is 4.79 Å². The second-order valence-corrected chi connectivity index (χ2v) is 7.30. The molecular formula is C19H24ClN3O3. The van der Waals surface area contributed by atoms with Gasteiger partial charge in [0.25, 0.3) is 5.91 Å². The van der Waals surface area contributed by atoms with Crippen molar-refractivity contribution in [1.82, 2.24) is 15.0 Å². The van der Waals surface area contributed by atoms with Crippen LogP contribution in [0.15, 0.2) is 22.7 Å². The lowest BCUT2D eigenvalue weighted by molar-refractivity contribution is 0.0562. The zero-order valence-corrected chi connectivity index (χ0v) is 16.3. The molecule has 0 saturated carbocycles. The molecule has 2 heterocycles. The van der Waals surface area contributed by atoms with E-state index in [2.05, 4.69) is 24.0 Å². The van der Waals surface area contributed by atoms with Gasteiger partial charge in [0.1, 0.15) is 12.4 Å². The Bertz CT molecular complexity index is 782. The molecule has 0 spiro atoms. The number of hydrogen-bond donors (Lipinski definition) is 0. The second-order valence-electron chi connectivity index (χ2n) is 6.92. The highest BCUT2D eigenvalue weighted by Gasteiger charge is 2.27. The van der Waals surface area contributed by atoms with E-state index in [1.165, 1.54) is 0 Å². The molecule has 2 aromatic rings. The molecule has 0 N–H and O–H groups in total. The van der Waals surface area contributed by atoms with Crippen molar-refractivity contribution < 1.29 is 14.1 Å². The Morgan fingerprint density at radius 2 is 2.00 bits per heavy atom. The van der Waals surface area contributed by atoms with E-state index in [1.807, 2.05) is 30.9 Å². The molecule has 1 amide bonds. The fourth-order valence-corrected chi connectivity index (χ4v) is 3.13. The van der Waals surface area contributed by atoms with Gasteiger partial charge in [-0.1, -0.05) is 16.8 Å². The van der Waals surface area contributed by atoms with Gasteiger partial charge in [-0.2, -0.15) is 0 Å². The minimum atomic E-state index is -0.0990. The molecule has 1 saturated heterocycles. The second kappa shape index (κ2) is 7.68. The molecule has 0 bridgehead atoms.